The first-order valence-corrected chi connectivity index (χ1v) is 5.02. The fourth-order valence-corrected chi connectivity index (χ4v) is 1.71. The number of nitrogens with one attached hydrogen (secondary N) is 1. The van der Waals surface area contributed by atoms with E-state index in [1.54, 1.807) is 0 Å². The minimum absolute atomic E-state index is 0.0989. The van der Waals surface area contributed by atoms with Crippen LogP contribution in [0.4, 0.5) is 5.69 Å². The molecule has 3 N–H and O–H groups in total. The zero-order chi connectivity index (χ0) is 9.97. The molecule has 2 rings (SSSR count). The fraction of sp³-hybridized carbons (Fsp3) is 0.400. The van der Waals surface area contributed by atoms with Gasteiger partial charge in [0.1, 0.15) is 0 Å². The van der Waals surface area contributed by atoms with Gasteiger partial charge in [0.2, 0.25) is 0 Å². The van der Waals surface area contributed by atoms with Crippen LogP contribution in [0.3, 0.4) is 0 Å². The van der Waals surface area contributed by atoms with Crippen molar-refractivity contribution < 1.29 is 4.74 Å². The molecule has 1 unspecified atom stereocenters. The van der Waals surface area contributed by atoms with Crippen LogP contribution in [0.25, 0.3) is 0 Å². The number of rotatable bonds is 1. The summed E-state index contributed by atoms with van der Waals surface area (Å²) in [5.74, 6) is 0. The molecule has 1 aliphatic rings. The number of nitrogens with two attached hydrogens (primary N) is 1. The van der Waals surface area contributed by atoms with E-state index < -0.39 is 0 Å². The Kier molecular flexibility index (Phi) is 2.91. The fourth-order valence-electron chi connectivity index (χ4n) is 1.52. The minimum Gasteiger partial charge on any atom is -0.398 e. The molecule has 76 valence electrons. The lowest BCUT2D eigenvalue weighted by Crippen LogP contribution is -2.33. The topological polar surface area (TPSA) is 47.3 Å². The summed E-state index contributed by atoms with van der Waals surface area (Å²) in [4.78, 5) is 0. The first kappa shape index (κ1) is 9.77. The maximum atomic E-state index is 5.93. The zero-order valence-corrected chi connectivity index (χ0v) is 8.55. The Morgan fingerprint density at radius 1 is 1.50 bits per heavy atom. The number of morpholine rings is 1. The predicted molar refractivity (Wildman–Crippen MR) is 57.4 cm³/mol. The van der Waals surface area contributed by atoms with E-state index in [-0.39, 0.29) is 6.10 Å². The molecule has 1 saturated heterocycles. The Morgan fingerprint density at radius 2 is 2.36 bits per heavy atom. The maximum Gasteiger partial charge on any atom is 0.0950 e. The van der Waals surface area contributed by atoms with Gasteiger partial charge in [-0.3, -0.25) is 0 Å². The summed E-state index contributed by atoms with van der Waals surface area (Å²) in [6.45, 7) is 2.49. The van der Waals surface area contributed by atoms with Crippen molar-refractivity contribution >= 4 is 17.3 Å². The van der Waals surface area contributed by atoms with Crippen LogP contribution in [0.15, 0.2) is 18.2 Å². The number of benzene rings is 1. The summed E-state index contributed by atoms with van der Waals surface area (Å²) in [6.07, 6.45) is 0.0989. The van der Waals surface area contributed by atoms with Crippen molar-refractivity contribution in [3.63, 3.8) is 0 Å². The number of ether oxygens (including phenoxy) is 1. The molecule has 0 amide bonds. The van der Waals surface area contributed by atoms with E-state index in [1.807, 2.05) is 18.2 Å². The lowest BCUT2D eigenvalue weighted by atomic mass is 10.1. The average Bonchev–Trinajstić information content (AvgIpc) is 2.23. The Balaban J connectivity index is 2.18. The zero-order valence-electron chi connectivity index (χ0n) is 7.79. The highest BCUT2D eigenvalue weighted by atomic mass is 35.5. The molecule has 0 aliphatic carbocycles. The third kappa shape index (κ3) is 2.00. The van der Waals surface area contributed by atoms with Gasteiger partial charge < -0.3 is 15.8 Å². The van der Waals surface area contributed by atoms with Crippen LogP contribution in [0, 0.1) is 0 Å². The van der Waals surface area contributed by atoms with Crippen molar-refractivity contribution in [3.05, 3.63) is 28.8 Å². The lowest BCUT2D eigenvalue weighted by Gasteiger charge is -2.24. The van der Waals surface area contributed by atoms with E-state index in [0.29, 0.717) is 10.7 Å². The smallest absolute Gasteiger partial charge is 0.0950 e. The normalized spacial score (nSPS) is 22.2. The van der Waals surface area contributed by atoms with Crippen molar-refractivity contribution in [2.75, 3.05) is 25.4 Å². The lowest BCUT2D eigenvalue weighted by molar-refractivity contribution is 0.0277. The summed E-state index contributed by atoms with van der Waals surface area (Å²) >= 11 is 5.93. The van der Waals surface area contributed by atoms with Crippen molar-refractivity contribution in [2.24, 2.45) is 0 Å². The van der Waals surface area contributed by atoms with Crippen LogP contribution in [0.2, 0.25) is 5.02 Å². The molecule has 3 nitrogen and oxygen atoms in total. The van der Waals surface area contributed by atoms with Crippen molar-refractivity contribution in [1.82, 2.24) is 5.32 Å². The van der Waals surface area contributed by atoms with Crippen LogP contribution in [-0.2, 0) is 4.74 Å². The molecule has 4 heteroatoms. The molecule has 0 radical (unpaired) electrons. The highest BCUT2D eigenvalue weighted by Gasteiger charge is 2.15. The summed E-state index contributed by atoms with van der Waals surface area (Å²) in [7, 11) is 0. The Hall–Kier alpha value is -0.770. The second kappa shape index (κ2) is 4.17. The minimum atomic E-state index is 0.0989. The number of hydrogen-bond donors (Lipinski definition) is 2. The van der Waals surface area contributed by atoms with Gasteiger partial charge in [-0.05, 0) is 17.7 Å². The van der Waals surface area contributed by atoms with E-state index in [0.717, 1.165) is 25.3 Å². The highest BCUT2D eigenvalue weighted by Crippen LogP contribution is 2.25. The summed E-state index contributed by atoms with van der Waals surface area (Å²) in [6, 6.07) is 5.64. The van der Waals surface area contributed by atoms with Crippen LogP contribution >= 0.6 is 11.6 Å². The molecule has 0 bridgehead atoms. The van der Waals surface area contributed by atoms with E-state index in [9.17, 15) is 0 Å². The molecular weight excluding hydrogens is 200 g/mol. The molecule has 1 aromatic rings. The Morgan fingerprint density at radius 3 is 3.00 bits per heavy atom. The largest absolute Gasteiger partial charge is 0.398 e. The van der Waals surface area contributed by atoms with E-state index >= 15 is 0 Å². The first-order chi connectivity index (χ1) is 6.77. The van der Waals surface area contributed by atoms with E-state index in [2.05, 4.69) is 5.32 Å². The van der Waals surface area contributed by atoms with Crippen LogP contribution in [0.1, 0.15) is 11.7 Å². The molecule has 1 atom stereocenters. The van der Waals surface area contributed by atoms with Gasteiger partial charge in [-0.2, -0.15) is 0 Å². The molecule has 1 heterocycles. The Labute approximate surface area is 88.2 Å². The molecule has 1 aliphatic heterocycles. The van der Waals surface area contributed by atoms with Gasteiger partial charge in [0.15, 0.2) is 0 Å². The van der Waals surface area contributed by atoms with Gasteiger partial charge in [-0.25, -0.2) is 0 Å². The molecule has 0 aromatic heterocycles. The third-order valence-electron chi connectivity index (χ3n) is 2.32. The monoisotopic (exact) mass is 212 g/mol. The van der Waals surface area contributed by atoms with Crippen molar-refractivity contribution in [3.8, 4) is 0 Å². The first-order valence-electron chi connectivity index (χ1n) is 4.64. The molecule has 1 fully saturated rings. The number of anilines is 1. The van der Waals surface area contributed by atoms with Crippen LogP contribution in [-0.4, -0.2) is 19.7 Å². The molecule has 14 heavy (non-hydrogen) atoms. The molecule has 0 saturated carbocycles. The van der Waals surface area contributed by atoms with Crippen LogP contribution < -0.4 is 11.1 Å². The Bertz CT molecular complexity index is 324. The van der Waals surface area contributed by atoms with Gasteiger partial charge in [0, 0.05) is 13.1 Å². The second-order valence-corrected chi connectivity index (χ2v) is 3.75. The summed E-state index contributed by atoms with van der Waals surface area (Å²) in [5.41, 5.74) is 7.32. The summed E-state index contributed by atoms with van der Waals surface area (Å²) < 4.78 is 5.60. The summed E-state index contributed by atoms with van der Waals surface area (Å²) in [5, 5.41) is 3.86. The van der Waals surface area contributed by atoms with Gasteiger partial charge in [-0.1, -0.05) is 17.7 Å². The average molecular weight is 213 g/mol. The number of halogens is 1. The highest BCUT2D eigenvalue weighted by molar-refractivity contribution is 6.33. The van der Waals surface area contributed by atoms with Crippen LogP contribution in [0.5, 0.6) is 0 Å². The second-order valence-electron chi connectivity index (χ2n) is 3.34. The van der Waals surface area contributed by atoms with Gasteiger partial charge in [0.05, 0.1) is 23.4 Å². The number of nitrogen functional groups attached to an aromatic ring is 1. The predicted octanol–water partition coefficient (Wildman–Crippen LogP) is 1.58. The van der Waals surface area contributed by atoms with Gasteiger partial charge in [-0.15, -0.1) is 0 Å². The third-order valence-corrected chi connectivity index (χ3v) is 2.65. The van der Waals surface area contributed by atoms with Crippen molar-refractivity contribution in [2.45, 2.75) is 6.10 Å². The molecule has 0 spiro atoms. The van der Waals surface area contributed by atoms with E-state index in [1.165, 1.54) is 0 Å². The van der Waals surface area contributed by atoms with Crippen molar-refractivity contribution in [1.29, 1.82) is 0 Å². The van der Waals surface area contributed by atoms with E-state index in [4.69, 9.17) is 22.1 Å². The standard InChI is InChI=1S/C10H13ClN2O/c11-8-5-7(1-2-9(8)12)10-6-13-3-4-14-10/h1-2,5,10,13H,3-4,6,12H2. The molecular formula is C10H13ClN2O. The number of hydrogen-bond acceptors (Lipinski definition) is 3. The van der Waals surface area contributed by atoms with Gasteiger partial charge >= 0.3 is 0 Å². The van der Waals surface area contributed by atoms with Gasteiger partial charge in [0.25, 0.3) is 0 Å². The quantitative estimate of drug-likeness (QED) is 0.695. The molecule has 1 aromatic carbocycles. The maximum absolute atomic E-state index is 5.93. The SMILES string of the molecule is Nc1ccc(C2CNCCO2)cc1Cl.